The molecule has 0 bridgehead atoms. The summed E-state index contributed by atoms with van der Waals surface area (Å²) >= 11 is 10.3. The Hall–Kier alpha value is -0.710. The highest BCUT2D eigenvalue weighted by Crippen LogP contribution is 2.22. The van der Waals surface area contributed by atoms with Crippen molar-refractivity contribution < 1.29 is 9.53 Å². The third kappa shape index (κ3) is 3.19. The smallest absolute Gasteiger partial charge is 0.255 e. The summed E-state index contributed by atoms with van der Waals surface area (Å²) in [5.41, 5.74) is 0.490. The van der Waals surface area contributed by atoms with Crippen molar-refractivity contribution in [2.45, 2.75) is 23.8 Å². The van der Waals surface area contributed by atoms with Crippen LogP contribution in [0.25, 0.3) is 0 Å². The van der Waals surface area contributed by atoms with Gasteiger partial charge >= 0.3 is 0 Å². The van der Waals surface area contributed by atoms with Crippen LogP contribution in [0.1, 0.15) is 23.2 Å². The van der Waals surface area contributed by atoms with Crippen molar-refractivity contribution in [2.75, 3.05) is 20.2 Å². The lowest BCUT2D eigenvalue weighted by molar-refractivity contribution is 0.0587. The second kappa shape index (κ2) is 5.95. The van der Waals surface area contributed by atoms with Gasteiger partial charge in [-0.2, -0.15) is 0 Å². The van der Waals surface area contributed by atoms with Crippen LogP contribution >= 0.6 is 24.2 Å². The molecule has 0 spiro atoms. The minimum atomic E-state index is -0.0913. The Morgan fingerprint density at radius 2 is 2.39 bits per heavy atom. The molecule has 0 aliphatic carbocycles. The molecule has 1 aromatic carbocycles. The van der Waals surface area contributed by atoms with E-state index in [1.54, 1.807) is 30.1 Å². The van der Waals surface area contributed by atoms with Crippen molar-refractivity contribution >= 4 is 30.1 Å². The summed E-state index contributed by atoms with van der Waals surface area (Å²) in [5.74, 6) is -0.0913. The molecule has 0 N–H and O–H groups in total. The fourth-order valence-electron chi connectivity index (χ4n) is 2.06. The van der Waals surface area contributed by atoms with Crippen LogP contribution in [0.3, 0.4) is 0 Å². The summed E-state index contributed by atoms with van der Waals surface area (Å²) in [6, 6.07) is 5.15. The van der Waals surface area contributed by atoms with E-state index >= 15 is 0 Å². The van der Waals surface area contributed by atoms with Crippen LogP contribution < -0.4 is 0 Å². The van der Waals surface area contributed by atoms with E-state index in [-0.39, 0.29) is 12.0 Å². The Balaban J connectivity index is 2.07. The lowest BCUT2D eigenvalue weighted by Gasteiger charge is -2.21. The number of carbonyl (C=O) groups excluding carboxylic acids is 1. The Morgan fingerprint density at radius 3 is 3.06 bits per heavy atom. The Bertz CT molecular complexity index is 447. The first-order valence-corrected chi connectivity index (χ1v) is 6.76. The Labute approximate surface area is 117 Å². The highest BCUT2D eigenvalue weighted by molar-refractivity contribution is 7.80. The molecule has 1 amide bonds. The van der Waals surface area contributed by atoms with Gasteiger partial charge in [-0.25, -0.2) is 0 Å². The normalized spacial score (nSPS) is 18.9. The quantitative estimate of drug-likeness (QED) is 0.866. The number of thiol groups is 1. The van der Waals surface area contributed by atoms with Crippen LogP contribution in [0.2, 0.25) is 5.02 Å². The first kappa shape index (κ1) is 13.7. The van der Waals surface area contributed by atoms with Crippen molar-refractivity contribution in [3.8, 4) is 0 Å². The zero-order chi connectivity index (χ0) is 13.1. The van der Waals surface area contributed by atoms with Crippen LogP contribution in [0, 0.1) is 0 Å². The molecule has 0 saturated carbocycles. The number of hydrogen-bond donors (Lipinski definition) is 1. The fraction of sp³-hybridized carbons (Fsp3) is 0.462. The van der Waals surface area contributed by atoms with E-state index in [1.807, 2.05) is 0 Å². The maximum absolute atomic E-state index is 12.3. The molecule has 5 heteroatoms. The van der Waals surface area contributed by atoms with E-state index in [4.69, 9.17) is 16.3 Å². The monoisotopic (exact) mass is 285 g/mol. The average Bonchev–Trinajstić information content (AvgIpc) is 2.84. The predicted octanol–water partition coefficient (Wildman–Crippen LogP) is 2.88. The van der Waals surface area contributed by atoms with Gasteiger partial charge in [0.1, 0.15) is 0 Å². The number of likely N-dealkylation sites (N-methyl/N-ethyl adjacent to an activating group) is 1. The Kier molecular flexibility index (Phi) is 4.54. The third-order valence-electron chi connectivity index (χ3n) is 3.03. The van der Waals surface area contributed by atoms with E-state index in [0.29, 0.717) is 17.1 Å². The highest BCUT2D eigenvalue weighted by atomic mass is 35.5. The summed E-state index contributed by atoms with van der Waals surface area (Å²) < 4.78 is 5.52. The van der Waals surface area contributed by atoms with Crippen LogP contribution in [0.15, 0.2) is 23.1 Å². The Morgan fingerprint density at radius 1 is 1.61 bits per heavy atom. The van der Waals surface area contributed by atoms with Crippen molar-refractivity contribution in [3.63, 3.8) is 0 Å². The molecule has 1 aliphatic rings. The number of nitrogens with zero attached hydrogens (tertiary/aromatic N) is 1. The van der Waals surface area contributed by atoms with Gasteiger partial charge in [0.15, 0.2) is 0 Å². The lowest BCUT2D eigenvalue weighted by Crippen LogP contribution is -2.34. The van der Waals surface area contributed by atoms with Gasteiger partial charge in [0.2, 0.25) is 0 Å². The molecule has 18 heavy (non-hydrogen) atoms. The molecule has 1 aromatic rings. The number of hydrogen-bond acceptors (Lipinski definition) is 3. The average molecular weight is 286 g/mol. The first-order valence-electron chi connectivity index (χ1n) is 5.93. The van der Waals surface area contributed by atoms with Crippen molar-refractivity contribution in [1.82, 2.24) is 4.90 Å². The van der Waals surface area contributed by atoms with Gasteiger partial charge in [-0.05, 0) is 31.0 Å². The number of benzene rings is 1. The van der Waals surface area contributed by atoms with Gasteiger partial charge < -0.3 is 9.64 Å². The van der Waals surface area contributed by atoms with Gasteiger partial charge in [-0.15, -0.1) is 12.6 Å². The number of halogens is 1. The van der Waals surface area contributed by atoms with Gasteiger partial charge in [-0.3, -0.25) is 4.79 Å². The first-order chi connectivity index (χ1) is 8.58. The molecule has 0 aromatic heterocycles. The number of ether oxygens (including phenoxy) is 1. The summed E-state index contributed by atoms with van der Waals surface area (Å²) in [6.07, 6.45) is 2.23. The summed E-state index contributed by atoms with van der Waals surface area (Å²) in [7, 11) is 1.77. The maximum Gasteiger partial charge on any atom is 0.255 e. The second-order valence-electron chi connectivity index (χ2n) is 4.48. The van der Waals surface area contributed by atoms with Gasteiger partial charge in [0.05, 0.1) is 16.7 Å². The number of carbonyl (C=O) groups is 1. The molecule has 1 atom stereocenters. The van der Waals surface area contributed by atoms with Gasteiger partial charge in [0.25, 0.3) is 5.91 Å². The SMILES string of the molecule is CN(CC1CCCO1)C(=O)c1cc(S)ccc1Cl. The topological polar surface area (TPSA) is 29.5 Å². The molecule has 1 heterocycles. The van der Waals surface area contributed by atoms with Crippen LogP contribution in [0.5, 0.6) is 0 Å². The third-order valence-corrected chi connectivity index (χ3v) is 3.64. The van der Waals surface area contributed by atoms with E-state index in [0.717, 1.165) is 24.3 Å². The molecule has 1 fully saturated rings. The summed E-state index contributed by atoms with van der Waals surface area (Å²) in [4.78, 5) is 14.6. The predicted molar refractivity (Wildman–Crippen MR) is 74.6 cm³/mol. The molecule has 1 aliphatic heterocycles. The summed E-state index contributed by atoms with van der Waals surface area (Å²) in [5, 5.41) is 0.456. The van der Waals surface area contributed by atoms with Crippen molar-refractivity contribution in [1.29, 1.82) is 0 Å². The van der Waals surface area contributed by atoms with E-state index in [2.05, 4.69) is 12.6 Å². The minimum absolute atomic E-state index is 0.0913. The van der Waals surface area contributed by atoms with E-state index in [9.17, 15) is 4.79 Å². The zero-order valence-corrected chi connectivity index (χ0v) is 11.9. The largest absolute Gasteiger partial charge is 0.376 e. The summed E-state index contributed by atoms with van der Waals surface area (Å²) in [6.45, 7) is 1.39. The number of rotatable bonds is 3. The van der Waals surface area contributed by atoms with Crippen LogP contribution in [0.4, 0.5) is 0 Å². The van der Waals surface area contributed by atoms with Gasteiger partial charge in [0, 0.05) is 25.1 Å². The zero-order valence-electron chi connectivity index (χ0n) is 10.2. The van der Waals surface area contributed by atoms with Gasteiger partial charge in [-0.1, -0.05) is 11.6 Å². The molecule has 1 unspecified atom stereocenters. The van der Waals surface area contributed by atoms with Crippen LogP contribution in [-0.4, -0.2) is 37.1 Å². The molecule has 1 saturated heterocycles. The molecular weight excluding hydrogens is 270 g/mol. The lowest BCUT2D eigenvalue weighted by atomic mass is 10.2. The second-order valence-corrected chi connectivity index (χ2v) is 5.41. The van der Waals surface area contributed by atoms with E-state index in [1.165, 1.54) is 0 Å². The highest BCUT2D eigenvalue weighted by Gasteiger charge is 2.22. The van der Waals surface area contributed by atoms with Crippen LogP contribution in [-0.2, 0) is 4.74 Å². The molecule has 2 rings (SSSR count). The van der Waals surface area contributed by atoms with Crippen molar-refractivity contribution in [2.24, 2.45) is 0 Å². The fourth-order valence-corrected chi connectivity index (χ4v) is 2.46. The standard InChI is InChI=1S/C13H16ClNO2S/c1-15(8-9-3-2-6-17-9)13(16)11-7-10(18)4-5-12(11)14/h4-5,7,9,18H,2-3,6,8H2,1H3. The molecular formula is C13H16ClNO2S. The molecule has 3 nitrogen and oxygen atoms in total. The van der Waals surface area contributed by atoms with E-state index < -0.39 is 0 Å². The molecule has 0 radical (unpaired) electrons. The van der Waals surface area contributed by atoms with Crippen molar-refractivity contribution in [3.05, 3.63) is 28.8 Å². The molecule has 98 valence electrons. The number of amides is 1. The maximum atomic E-state index is 12.3. The minimum Gasteiger partial charge on any atom is -0.376 e.